The molecule has 0 aromatic rings. The molecule has 0 aromatic carbocycles. The minimum Gasteiger partial charge on any atom is -0.347 e. The number of rotatable bonds is 1. The first kappa shape index (κ1) is 7.85. The molecule has 1 fully saturated rings. The van der Waals surface area contributed by atoms with Crippen molar-refractivity contribution >= 4 is 19.6 Å². The Kier molecular flexibility index (Phi) is 1.98. The van der Waals surface area contributed by atoms with E-state index in [1.807, 2.05) is 0 Å². The number of carbonyl (C=O) groups is 2. The quantitative estimate of drug-likeness (QED) is 0.507. The first-order chi connectivity index (χ1) is 5.11. The molecule has 1 heterocycles. The number of hydroxylamine groups is 2. The zero-order chi connectivity index (χ0) is 8.43. The summed E-state index contributed by atoms with van der Waals surface area (Å²) in [6.45, 7) is 3.51. The van der Waals surface area contributed by atoms with Gasteiger partial charge in [-0.3, -0.25) is 9.59 Å². The fourth-order valence-electron chi connectivity index (χ4n) is 0.836. The third kappa shape index (κ3) is 1.60. The molecule has 2 radical (unpaired) electrons. The highest BCUT2D eigenvalue weighted by molar-refractivity contribution is 6.55. The lowest BCUT2D eigenvalue weighted by Gasteiger charge is -2.14. The van der Waals surface area contributed by atoms with Crippen molar-refractivity contribution in [3.05, 3.63) is 12.3 Å². The van der Waals surface area contributed by atoms with Crippen LogP contribution in [0, 0.1) is 0 Å². The van der Waals surface area contributed by atoms with Crippen LogP contribution in [0.15, 0.2) is 12.3 Å². The van der Waals surface area contributed by atoms with Crippen LogP contribution in [0.3, 0.4) is 0 Å². The van der Waals surface area contributed by atoms with Crippen molar-refractivity contribution in [3.8, 4) is 0 Å². The Balaban J connectivity index is 2.62. The van der Waals surface area contributed by atoms with Gasteiger partial charge in [0.25, 0.3) is 11.8 Å². The average molecular weight is 151 g/mol. The molecule has 0 bridgehead atoms. The van der Waals surface area contributed by atoms with E-state index in [9.17, 15) is 9.59 Å². The van der Waals surface area contributed by atoms with Crippen LogP contribution >= 0.6 is 0 Å². The maximum absolute atomic E-state index is 10.9. The second-order valence-electron chi connectivity index (χ2n) is 2.16. The van der Waals surface area contributed by atoms with Gasteiger partial charge < -0.3 is 4.84 Å². The van der Waals surface area contributed by atoms with Crippen LogP contribution in [-0.2, 0) is 9.63 Å². The van der Waals surface area contributed by atoms with E-state index >= 15 is 0 Å². The highest BCUT2D eigenvalue weighted by Crippen LogP contribution is 2.20. The fraction of sp³-hybridized carbons (Fsp3) is 0.333. The molecule has 1 amide bonds. The molecule has 56 valence electrons. The van der Waals surface area contributed by atoms with Gasteiger partial charge in [0.05, 0.1) is 5.70 Å². The molecule has 0 aromatic heterocycles. The third-order valence-corrected chi connectivity index (χ3v) is 1.32. The van der Waals surface area contributed by atoms with Gasteiger partial charge in [0.1, 0.15) is 0 Å². The molecule has 1 aliphatic rings. The van der Waals surface area contributed by atoms with Crippen molar-refractivity contribution in [2.45, 2.75) is 12.8 Å². The summed E-state index contributed by atoms with van der Waals surface area (Å²) in [7, 11) is 4.70. The summed E-state index contributed by atoms with van der Waals surface area (Å²) in [5.74, 6) is -1.28. The van der Waals surface area contributed by atoms with Crippen LogP contribution in [0.5, 0.6) is 0 Å². The zero-order valence-corrected chi connectivity index (χ0v) is 5.87. The minimum atomic E-state index is -0.999. The number of hydrogen-bond donors (Lipinski definition) is 0. The van der Waals surface area contributed by atoms with Crippen LogP contribution in [0.4, 0.5) is 4.79 Å². The van der Waals surface area contributed by atoms with Crippen molar-refractivity contribution in [1.82, 2.24) is 5.06 Å². The van der Waals surface area contributed by atoms with Crippen LogP contribution in [0.2, 0.25) is 0 Å². The van der Waals surface area contributed by atoms with Gasteiger partial charge in [-0.05, 0) is 6.42 Å². The summed E-state index contributed by atoms with van der Waals surface area (Å²) in [5, 5.41) is 0.836. The Morgan fingerprint density at radius 2 is 2.27 bits per heavy atom. The summed E-state index contributed by atoms with van der Waals surface area (Å²) in [6.07, 6.45) is 0.845. The van der Waals surface area contributed by atoms with E-state index < -0.39 is 5.87 Å². The van der Waals surface area contributed by atoms with E-state index in [0.717, 1.165) is 5.06 Å². The van der Waals surface area contributed by atoms with E-state index in [1.54, 1.807) is 0 Å². The molecule has 0 unspecified atom stereocenters. The Bertz CT molecular complexity index is 210. The largest absolute Gasteiger partial charge is 0.347 e. The first-order valence-electron chi connectivity index (χ1n) is 3.09. The minimum absolute atomic E-state index is 0.284. The van der Waals surface area contributed by atoms with E-state index in [4.69, 9.17) is 7.85 Å². The maximum atomic E-state index is 10.9. The van der Waals surface area contributed by atoms with Gasteiger partial charge in [0, 0.05) is 6.42 Å². The first-order valence-corrected chi connectivity index (χ1v) is 3.09. The van der Waals surface area contributed by atoms with Crippen LogP contribution in [0.1, 0.15) is 12.8 Å². The molecule has 0 aliphatic carbocycles. The van der Waals surface area contributed by atoms with Gasteiger partial charge in [-0.25, -0.2) is 0 Å². The van der Waals surface area contributed by atoms with Gasteiger partial charge in [0.2, 0.25) is 7.85 Å². The van der Waals surface area contributed by atoms with Crippen molar-refractivity contribution in [1.29, 1.82) is 0 Å². The summed E-state index contributed by atoms with van der Waals surface area (Å²) < 4.78 is 0. The lowest BCUT2D eigenvalue weighted by atomic mass is 10.2. The van der Waals surface area contributed by atoms with Crippen molar-refractivity contribution in [2.75, 3.05) is 0 Å². The summed E-state index contributed by atoms with van der Waals surface area (Å²) >= 11 is 0. The summed E-state index contributed by atoms with van der Waals surface area (Å²) in [4.78, 5) is 25.4. The van der Waals surface area contributed by atoms with Crippen LogP contribution < -0.4 is 0 Å². The number of nitrogens with zero attached hydrogens (tertiary/aromatic N) is 1. The molecule has 1 saturated heterocycles. The zero-order valence-electron chi connectivity index (χ0n) is 5.87. The lowest BCUT2D eigenvalue weighted by molar-refractivity contribution is -0.150. The van der Waals surface area contributed by atoms with Gasteiger partial charge >= 0.3 is 0 Å². The Labute approximate surface area is 65.2 Å². The van der Waals surface area contributed by atoms with Crippen molar-refractivity contribution in [2.24, 2.45) is 0 Å². The molecular weight excluding hydrogens is 145 g/mol. The molecule has 0 spiro atoms. The normalized spacial score (nSPS) is 17.3. The number of carbonyl (C=O) groups excluding carboxylic acids is 2. The topological polar surface area (TPSA) is 46.6 Å². The van der Waals surface area contributed by atoms with Crippen LogP contribution in [-0.4, -0.2) is 24.7 Å². The number of amides is 1. The standard InChI is InChI=1S/C6H6BNO3/c1-4-2-3-5(9)8(4)11-6(7)10/h1-3H2. The van der Waals surface area contributed by atoms with Crippen molar-refractivity contribution < 1.29 is 14.4 Å². The Morgan fingerprint density at radius 3 is 2.64 bits per heavy atom. The third-order valence-electron chi connectivity index (χ3n) is 1.32. The van der Waals surface area contributed by atoms with Gasteiger partial charge in [-0.15, -0.1) is 5.06 Å². The molecule has 1 aliphatic heterocycles. The van der Waals surface area contributed by atoms with Gasteiger partial charge in [-0.2, -0.15) is 0 Å². The monoisotopic (exact) mass is 151 g/mol. The summed E-state index contributed by atoms with van der Waals surface area (Å²) in [5.41, 5.74) is 0.466. The second kappa shape index (κ2) is 2.78. The maximum Gasteiger partial charge on any atom is 0.266 e. The molecule has 1 rings (SSSR count). The lowest BCUT2D eigenvalue weighted by Crippen LogP contribution is -2.26. The predicted molar refractivity (Wildman–Crippen MR) is 37.5 cm³/mol. The predicted octanol–water partition coefficient (Wildman–Crippen LogP) is 0.343. The van der Waals surface area contributed by atoms with Crippen LogP contribution in [0.25, 0.3) is 0 Å². The molecule has 0 saturated carbocycles. The van der Waals surface area contributed by atoms with Crippen molar-refractivity contribution in [3.63, 3.8) is 0 Å². The van der Waals surface area contributed by atoms with E-state index in [-0.39, 0.29) is 5.91 Å². The van der Waals surface area contributed by atoms with Gasteiger partial charge in [-0.1, -0.05) is 6.58 Å². The molecule has 11 heavy (non-hydrogen) atoms. The highest BCUT2D eigenvalue weighted by Gasteiger charge is 2.26. The van der Waals surface area contributed by atoms with E-state index in [0.29, 0.717) is 18.5 Å². The second-order valence-corrected chi connectivity index (χ2v) is 2.16. The van der Waals surface area contributed by atoms with E-state index in [1.165, 1.54) is 0 Å². The smallest absolute Gasteiger partial charge is 0.266 e. The molecular formula is C6H6BNO3. The Morgan fingerprint density at radius 1 is 1.64 bits per heavy atom. The highest BCUT2D eigenvalue weighted by atomic mass is 16.7. The number of hydrogen-bond acceptors (Lipinski definition) is 3. The Hall–Kier alpha value is -1.26. The average Bonchev–Trinajstić information content (AvgIpc) is 2.18. The molecule has 5 heteroatoms. The molecule has 0 atom stereocenters. The molecule has 4 nitrogen and oxygen atoms in total. The SMILES string of the molecule is [B]C(=O)ON1C(=C)CCC1=O. The number of allylic oxidation sites excluding steroid dienone is 1. The van der Waals surface area contributed by atoms with E-state index in [2.05, 4.69) is 11.4 Å². The molecule has 0 N–H and O–H groups in total. The summed E-state index contributed by atoms with van der Waals surface area (Å²) in [6, 6.07) is 0. The van der Waals surface area contributed by atoms with Gasteiger partial charge in [0.15, 0.2) is 0 Å². The fourth-order valence-corrected chi connectivity index (χ4v) is 0.836.